The van der Waals surface area contributed by atoms with E-state index in [2.05, 4.69) is 21.2 Å². The van der Waals surface area contributed by atoms with Crippen molar-refractivity contribution in [3.8, 4) is 0 Å². The molecule has 0 spiro atoms. The topological polar surface area (TPSA) is 29.1 Å². The smallest absolute Gasteiger partial charge is 0.167 e. The average molecular weight is 330 g/mol. The van der Waals surface area contributed by atoms with Crippen LogP contribution in [0.1, 0.15) is 27.9 Å². The van der Waals surface area contributed by atoms with Gasteiger partial charge in [0.1, 0.15) is 0 Å². The first-order chi connectivity index (χ1) is 9.74. The SMILES string of the molecule is O=C(Cc1ccccc1Br)c1ccc2c(c1)CCCN2. The summed E-state index contributed by atoms with van der Waals surface area (Å²) in [6.07, 6.45) is 2.63. The van der Waals surface area contributed by atoms with Crippen LogP contribution in [0.2, 0.25) is 0 Å². The number of halogens is 1. The molecule has 3 rings (SSSR count). The lowest BCUT2D eigenvalue weighted by atomic mass is 9.97. The molecule has 2 aromatic rings. The number of nitrogens with one attached hydrogen (secondary N) is 1. The molecule has 0 aliphatic carbocycles. The number of carbonyl (C=O) groups is 1. The van der Waals surface area contributed by atoms with E-state index in [0.29, 0.717) is 6.42 Å². The fourth-order valence-corrected chi connectivity index (χ4v) is 2.99. The van der Waals surface area contributed by atoms with Gasteiger partial charge >= 0.3 is 0 Å². The Morgan fingerprint density at radius 2 is 2.05 bits per heavy atom. The lowest BCUT2D eigenvalue weighted by Crippen LogP contribution is -2.13. The number of aryl methyl sites for hydroxylation is 1. The van der Waals surface area contributed by atoms with Crippen molar-refractivity contribution in [1.29, 1.82) is 0 Å². The van der Waals surface area contributed by atoms with E-state index < -0.39 is 0 Å². The highest BCUT2D eigenvalue weighted by Crippen LogP contribution is 2.24. The molecule has 0 amide bonds. The zero-order valence-corrected chi connectivity index (χ0v) is 12.7. The zero-order valence-electron chi connectivity index (χ0n) is 11.2. The molecule has 0 unspecified atom stereocenters. The number of benzene rings is 2. The van der Waals surface area contributed by atoms with Crippen LogP contribution in [0.5, 0.6) is 0 Å². The quantitative estimate of drug-likeness (QED) is 0.853. The summed E-state index contributed by atoms with van der Waals surface area (Å²) in [6.45, 7) is 1.03. The Morgan fingerprint density at radius 3 is 2.90 bits per heavy atom. The van der Waals surface area contributed by atoms with Crippen LogP contribution in [0.3, 0.4) is 0 Å². The van der Waals surface area contributed by atoms with Crippen molar-refractivity contribution in [2.24, 2.45) is 0 Å². The maximum Gasteiger partial charge on any atom is 0.167 e. The van der Waals surface area contributed by atoms with Crippen molar-refractivity contribution in [3.63, 3.8) is 0 Å². The summed E-state index contributed by atoms with van der Waals surface area (Å²) < 4.78 is 0.993. The molecule has 0 atom stereocenters. The number of fused-ring (bicyclic) bond motifs is 1. The zero-order chi connectivity index (χ0) is 13.9. The van der Waals surface area contributed by atoms with Crippen molar-refractivity contribution < 1.29 is 4.79 Å². The maximum absolute atomic E-state index is 12.4. The molecule has 0 radical (unpaired) electrons. The molecule has 2 nitrogen and oxygen atoms in total. The highest BCUT2D eigenvalue weighted by molar-refractivity contribution is 9.10. The Bertz CT molecular complexity index is 651. The molecule has 0 aromatic heterocycles. The van der Waals surface area contributed by atoms with Crippen LogP contribution in [0.25, 0.3) is 0 Å². The minimum atomic E-state index is 0.172. The fraction of sp³-hybridized carbons (Fsp3) is 0.235. The minimum absolute atomic E-state index is 0.172. The average Bonchev–Trinajstić information content (AvgIpc) is 2.49. The van der Waals surface area contributed by atoms with Crippen molar-refractivity contribution in [2.75, 3.05) is 11.9 Å². The summed E-state index contributed by atoms with van der Waals surface area (Å²) in [4.78, 5) is 12.4. The Hall–Kier alpha value is -1.61. The third kappa shape index (κ3) is 2.78. The van der Waals surface area contributed by atoms with Gasteiger partial charge in [-0.05, 0) is 48.2 Å². The predicted octanol–water partition coefficient (Wildman–Crippen LogP) is 4.23. The van der Waals surface area contributed by atoms with Crippen LogP contribution >= 0.6 is 15.9 Å². The molecular formula is C17H16BrNO. The number of hydrogen-bond acceptors (Lipinski definition) is 2. The molecule has 1 heterocycles. The Balaban J connectivity index is 1.82. The van der Waals surface area contributed by atoms with Crippen molar-refractivity contribution >= 4 is 27.4 Å². The van der Waals surface area contributed by atoms with Crippen LogP contribution in [0.4, 0.5) is 5.69 Å². The van der Waals surface area contributed by atoms with Gasteiger partial charge in [0.05, 0.1) is 0 Å². The van der Waals surface area contributed by atoms with Gasteiger partial charge in [-0.15, -0.1) is 0 Å². The van der Waals surface area contributed by atoms with E-state index in [1.807, 2.05) is 42.5 Å². The van der Waals surface area contributed by atoms with Gasteiger partial charge in [0.25, 0.3) is 0 Å². The third-order valence-electron chi connectivity index (χ3n) is 3.67. The van der Waals surface area contributed by atoms with Crippen LogP contribution in [-0.4, -0.2) is 12.3 Å². The van der Waals surface area contributed by atoms with Gasteiger partial charge in [-0.2, -0.15) is 0 Å². The highest BCUT2D eigenvalue weighted by Gasteiger charge is 2.13. The maximum atomic E-state index is 12.4. The van der Waals surface area contributed by atoms with Crippen LogP contribution in [-0.2, 0) is 12.8 Å². The van der Waals surface area contributed by atoms with E-state index in [1.54, 1.807) is 0 Å². The Labute approximate surface area is 127 Å². The van der Waals surface area contributed by atoms with Gasteiger partial charge < -0.3 is 5.32 Å². The van der Waals surface area contributed by atoms with Gasteiger partial charge in [0, 0.05) is 28.7 Å². The Kier molecular flexibility index (Phi) is 3.88. The second kappa shape index (κ2) is 5.80. The standard InChI is InChI=1S/C17H16BrNO/c18-15-6-2-1-4-12(15)11-17(20)14-7-8-16-13(10-14)5-3-9-19-16/h1-2,4,6-8,10,19H,3,5,9,11H2. The lowest BCUT2D eigenvalue weighted by molar-refractivity contribution is 0.0992. The second-order valence-electron chi connectivity index (χ2n) is 5.09. The number of hydrogen-bond donors (Lipinski definition) is 1. The second-order valence-corrected chi connectivity index (χ2v) is 5.95. The molecule has 0 fully saturated rings. The molecule has 1 N–H and O–H groups in total. The monoisotopic (exact) mass is 329 g/mol. The summed E-state index contributed by atoms with van der Waals surface area (Å²) in [5, 5.41) is 3.37. The summed E-state index contributed by atoms with van der Waals surface area (Å²) in [6, 6.07) is 13.9. The van der Waals surface area contributed by atoms with Gasteiger partial charge in [0.15, 0.2) is 5.78 Å². The molecule has 1 aliphatic rings. The minimum Gasteiger partial charge on any atom is -0.385 e. The van der Waals surface area contributed by atoms with Gasteiger partial charge in [-0.1, -0.05) is 34.1 Å². The van der Waals surface area contributed by atoms with Crippen molar-refractivity contribution in [1.82, 2.24) is 0 Å². The largest absolute Gasteiger partial charge is 0.385 e. The molecular weight excluding hydrogens is 314 g/mol. The number of ketones is 1. The van der Waals surface area contributed by atoms with Crippen LogP contribution in [0, 0.1) is 0 Å². The fourth-order valence-electron chi connectivity index (χ4n) is 2.57. The van der Waals surface area contributed by atoms with Crippen molar-refractivity contribution in [3.05, 3.63) is 63.6 Å². The van der Waals surface area contributed by atoms with E-state index in [9.17, 15) is 4.79 Å². The number of carbonyl (C=O) groups excluding carboxylic acids is 1. The summed E-state index contributed by atoms with van der Waals surface area (Å²) in [5.41, 5.74) is 4.28. The van der Waals surface area contributed by atoms with E-state index in [0.717, 1.165) is 35.0 Å². The van der Waals surface area contributed by atoms with E-state index in [1.165, 1.54) is 11.3 Å². The van der Waals surface area contributed by atoms with Crippen LogP contribution in [0.15, 0.2) is 46.9 Å². The lowest BCUT2D eigenvalue weighted by Gasteiger charge is -2.18. The van der Waals surface area contributed by atoms with Crippen LogP contribution < -0.4 is 5.32 Å². The molecule has 102 valence electrons. The summed E-state index contributed by atoms with van der Waals surface area (Å²) in [7, 11) is 0. The summed E-state index contributed by atoms with van der Waals surface area (Å²) >= 11 is 3.50. The predicted molar refractivity (Wildman–Crippen MR) is 85.4 cm³/mol. The molecule has 2 aromatic carbocycles. The van der Waals surface area contributed by atoms with Gasteiger partial charge in [0.2, 0.25) is 0 Å². The molecule has 3 heteroatoms. The first kappa shape index (κ1) is 13.4. The normalized spacial score (nSPS) is 13.4. The molecule has 1 aliphatic heterocycles. The summed E-state index contributed by atoms with van der Waals surface area (Å²) in [5.74, 6) is 0.172. The molecule has 0 saturated carbocycles. The van der Waals surface area contributed by atoms with E-state index in [4.69, 9.17) is 0 Å². The first-order valence-corrected chi connectivity index (χ1v) is 7.67. The number of rotatable bonds is 3. The van der Waals surface area contributed by atoms with E-state index >= 15 is 0 Å². The first-order valence-electron chi connectivity index (χ1n) is 6.87. The highest BCUT2D eigenvalue weighted by atomic mass is 79.9. The number of Topliss-reactive ketones (excluding diaryl/α,β-unsaturated/α-hetero) is 1. The molecule has 20 heavy (non-hydrogen) atoms. The van der Waals surface area contributed by atoms with E-state index in [-0.39, 0.29) is 5.78 Å². The van der Waals surface area contributed by atoms with Crippen molar-refractivity contribution in [2.45, 2.75) is 19.3 Å². The number of anilines is 1. The molecule has 0 saturated heterocycles. The van der Waals surface area contributed by atoms with Gasteiger partial charge in [-0.3, -0.25) is 4.79 Å². The molecule has 0 bridgehead atoms. The Morgan fingerprint density at radius 1 is 1.20 bits per heavy atom. The van der Waals surface area contributed by atoms with Gasteiger partial charge in [-0.25, -0.2) is 0 Å². The third-order valence-corrected chi connectivity index (χ3v) is 4.45.